The number of ether oxygens (including phenoxy) is 2. The zero-order valence-electron chi connectivity index (χ0n) is 15.1. The van der Waals surface area contributed by atoms with E-state index in [4.69, 9.17) is 14.7 Å². The van der Waals surface area contributed by atoms with E-state index >= 15 is 0 Å². The molecular weight excluding hydrogens is 393 g/mol. The monoisotopic (exact) mass is 410 g/mol. The fourth-order valence-electron chi connectivity index (χ4n) is 2.23. The Kier molecular flexibility index (Phi) is 7.21. The van der Waals surface area contributed by atoms with Crippen LogP contribution in [-0.4, -0.2) is 30.7 Å². The lowest BCUT2D eigenvalue weighted by Gasteiger charge is -2.12. The lowest BCUT2D eigenvalue weighted by atomic mass is 10.2. The van der Waals surface area contributed by atoms with Gasteiger partial charge in [0.05, 0.1) is 12.7 Å². The molecule has 29 heavy (non-hydrogen) atoms. The van der Waals surface area contributed by atoms with Crippen LogP contribution in [0.3, 0.4) is 0 Å². The van der Waals surface area contributed by atoms with Gasteiger partial charge in [-0.05, 0) is 42.0 Å². The summed E-state index contributed by atoms with van der Waals surface area (Å²) in [5, 5.41) is 10.8. The van der Waals surface area contributed by atoms with Gasteiger partial charge in [0.1, 0.15) is 0 Å². The molecule has 0 bridgehead atoms. The van der Waals surface area contributed by atoms with E-state index in [1.54, 1.807) is 6.07 Å². The first-order chi connectivity index (χ1) is 13.7. The molecule has 154 valence electrons. The highest BCUT2D eigenvalue weighted by atomic mass is 19.4. The van der Waals surface area contributed by atoms with Crippen LogP contribution in [0, 0.1) is 0 Å². The SMILES string of the molecule is COc1ccc(/C=C/C(=O)NO)cc1OCC(=O)Nc1cccc(C(F)(F)F)c1. The van der Waals surface area contributed by atoms with Crippen molar-refractivity contribution < 1.29 is 37.4 Å². The molecule has 0 saturated carbocycles. The van der Waals surface area contributed by atoms with Gasteiger partial charge in [0, 0.05) is 11.8 Å². The molecule has 10 heteroatoms. The van der Waals surface area contributed by atoms with Gasteiger partial charge in [-0.2, -0.15) is 13.2 Å². The number of halogens is 3. The van der Waals surface area contributed by atoms with Crippen molar-refractivity contribution in [3.63, 3.8) is 0 Å². The number of carbonyl (C=O) groups excluding carboxylic acids is 2. The van der Waals surface area contributed by atoms with Crippen molar-refractivity contribution in [3.8, 4) is 11.5 Å². The number of alkyl halides is 3. The predicted molar refractivity (Wildman–Crippen MR) is 97.5 cm³/mol. The van der Waals surface area contributed by atoms with Crippen molar-refractivity contribution in [1.29, 1.82) is 0 Å². The molecule has 0 aliphatic carbocycles. The summed E-state index contributed by atoms with van der Waals surface area (Å²) < 4.78 is 48.7. The number of hydrogen-bond donors (Lipinski definition) is 3. The highest BCUT2D eigenvalue weighted by Gasteiger charge is 2.30. The molecule has 0 saturated heterocycles. The van der Waals surface area contributed by atoms with E-state index in [2.05, 4.69) is 5.32 Å². The second-order valence-electron chi connectivity index (χ2n) is 5.64. The van der Waals surface area contributed by atoms with Crippen LogP contribution < -0.4 is 20.3 Å². The van der Waals surface area contributed by atoms with E-state index in [0.29, 0.717) is 11.3 Å². The maximum Gasteiger partial charge on any atom is 0.416 e. The number of nitrogens with one attached hydrogen (secondary N) is 2. The Hall–Kier alpha value is -3.53. The molecule has 0 aromatic heterocycles. The predicted octanol–water partition coefficient (Wildman–Crippen LogP) is 3.25. The molecule has 0 radical (unpaired) electrons. The Labute approximate surface area is 163 Å². The Morgan fingerprint density at radius 2 is 1.90 bits per heavy atom. The minimum absolute atomic E-state index is 0.0212. The van der Waals surface area contributed by atoms with Gasteiger partial charge >= 0.3 is 6.18 Å². The van der Waals surface area contributed by atoms with Crippen LogP contribution in [0.2, 0.25) is 0 Å². The van der Waals surface area contributed by atoms with E-state index in [9.17, 15) is 22.8 Å². The fraction of sp³-hybridized carbons (Fsp3) is 0.158. The summed E-state index contributed by atoms with van der Waals surface area (Å²) in [6, 6.07) is 8.85. The minimum atomic E-state index is -4.52. The van der Waals surface area contributed by atoms with Crippen molar-refractivity contribution in [2.24, 2.45) is 0 Å². The summed E-state index contributed by atoms with van der Waals surface area (Å²) in [5.41, 5.74) is 1.05. The third-order valence-electron chi connectivity index (χ3n) is 3.56. The largest absolute Gasteiger partial charge is 0.493 e. The highest BCUT2D eigenvalue weighted by Crippen LogP contribution is 2.31. The number of anilines is 1. The highest BCUT2D eigenvalue weighted by molar-refractivity contribution is 5.92. The van der Waals surface area contributed by atoms with Crippen molar-refractivity contribution in [3.05, 3.63) is 59.7 Å². The summed E-state index contributed by atoms with van der Waals surface area (Å²) in [6.45, 7) is -0.489. The second kappa shape index (κ2) is 9.60. The van der Waals surface area contributed by atoms with Crippen LogP contribution in [0.15, 0.2) is 48.5 Å². The summed E-state index contributed by atoms with van der Waals surface area (Å²) >= 11 is 0. The average Bonchev–Trinajstić information content (AvgIpc) is 2.70. The maximum absolute atomic E-state index is 12.7. The van der Waals surface area contributed by atoms with Crippen molar-refractivity contribution in [1.82, 2.24) is 5.48 Å². The van der Waals surface area contributed by atoms with Crippen LogP contribution >= 0.6 is 0 Å². The number of hydrogen-bond acceptors (Lipinski definition) is 5. The molecule has 0 aliphatic heterocycles. The summed E-state index contributed by atoms with van der Waals surface area (Å²) in [6.07, 6.45) is -2.06. The quantitative estimate of drug-likeness (QED) is 0.370. The molecule has 2 rings (SSSR count). The van der Waals surface area contributed by atoms with Gasteiger partial charge in [-0.25, -0.2) is 5.48 Å². The number of rotatable bonds is 7. The second-order valence-corrected chi connectivity index (χ2v) is 5.64. The zero-order chi connectivity index (χ0) is 21.4. The fourth-order valence-corrected chi connectivity index (χ4v) is 2.23. The molecule has 7 nitrogen and oxygen atoms in total. The van der Waals surface area contributed by atoms with E-state index in [1.165, 1.54) is 42.9 Å². The third-order valence-corrected chi connectivity index (χ3v) is 3.56. The molecule has 2 aromatic rings. The van der Waals surface area contributed by atoms with Gasteiger partial charge in [0.25, 0.3) is 11.8 Å². The molecule has 0 fully saturated rings. The van der Waals surface area contributed by atoms with Crippen LogP contribution in [-0.2, 0) is 15.8 Å². The van der Waals surface area contributed by atoms with E-state index in [-0.39, 0.29) is 11.4 Å². The lowest BCUT2D eigenvalue weighted by Crippen LogP contribution is -2.20. The maximum atomic E-state index is 12.7. The number of methoxy groups -OCH3 is 1. The van der Waals surface area contributed by atoms with Crippen LogP contribution in [0.4, 0.5) is 18.9 Å². The molecule has 0 heterocycles. The Bertz CT molecular complexity index is 913. The Balaban J connectivity index is 2.05. The smallest absolute Gasteiger partial charge is 0.416 e. The molecule has 0 aliphatic rings. The normalized spacial score (nSPS) is 11.2. The summed E-state index contributed by atoms with van der Waals surface area (Å²) in [7, 11) is 1.39. The number of amides is 2. The Morgan fingerprint density at radius 3 is 2.55 bits per heavy atom. The van der Waals surface area contributed by atoms with Crippen molar-refractivity contribution in [2.75, 3.05) is 19.0 Å². The van der Waals surface area contributed by atoms with Gasteiger partial charge in [-0.15, -0.1) is 0 Å². The molecule has 0 spiro atoms. The van der Waals surface area contributed by atoms with E-state index in [1.807, 2.05) is 0 Å². The standard InChI is InChI=1S/C19H17F3N2O5/c1-28-15-7-5-12(6-8-17(25)24-27)9-16(15)29-11-18(26)23-14-4-2-3-13(10-14)19(20,21)22/h2-10,27H,11H2,1H3,(H,23,26)(H,24,25)/b8-6+. The van der Waals surface area contributed by atoms with E-state index < -0.39 is 30.2 Å². The van der Waals surface area contributed by atoms with E-state index in [0.717, 1.165) is 18.2 Å². The van der Waals surface area contributed by atoms with Gasteiger partial charge in [0.2, 0.25) is 0 Å². The summed E-state index contributed by atoms with van der Waals surface area (Å²) in [5.74, 6) is -0.922. The van der Waals surface area contributed by atoms with Gasteiger partial charge in [0.15, 0.2) is 18.1 Å². The molecule has 0 unspecified atom stereocenters. The molecule has 0 atom stereocenters. The zero-order valence-corrected chi connectivity index (χ0v) is 15.1. The van der Waals surface area contributed by atoms with Crippen LogP contribution in [0.25, 0.3) is 6.08 Å². The number of benzene rings is 2. The minimum Gasteiger partial charge on any atom is -0.493 e. The number of hydroxylamine groups is 1. The Morgan fingerprint density at radius 1 is 1.14 bits per heavy atom. The average molecular weight is 410 g/mol. The first kappa shape index (κ1) is 21.8. The summed E-state index contributed by atoms with van der Waals surface area (Å²) in [4.78, 5) is 23.1. The van der Waals surface area contributed by atoms with Gasteiger partial charge in [-0.3, -0.25) is 14.8 Å². The van der Waals surface area contributed by atoms with Crippen molar-refractivity contribution >= 4 is 23.6 Å². The van der Waals surface area contributed by atoms with Crippen LogP contribution in [0.1, 0.15) is 11.1 Å². The lowest BCUT2D eigenvalue weighted by molar-refractivity contribution is -0.137. The molecule has 2 aromatic carbocycles. The van der Waals surface area contributed by atoms with Crippen molar-refractivity contribution in [2.45, 2.75) is 6.18 Å². The van der Waals surface area contributed by atoms with Crippen LogP contribution in [0.5, 0.6) is 11.5 Å². The first-order valence-corrected chi connectivity index (χ1v) is 8.13. The van der Waals surface area contributed by atoms with Gasteiger partial charge < -0.3 is 14.8 Å². The number of carbonyl (C=O) groups is 2. The van der Waals surface area contributed by atoms with Gasteiger partial charge in [-0.1, -0.05) is 12.1 Å². The molecule has 2 amide bonds. The third kappa shape index (κ3) is 6.54. The topological polar surface area (TPSA) is 96.9 Å². The first-order valence-electron chi connectivity index (χ1n) is 8.13. The molecular formula is C19H17F3N2O5. The molecule has 3 N–H and O–H groups in total.